The van der Waals surface area contributed by atoms with Crippen LogP contribution in [0, 0.1) is 0 Å². The van der Waals surface area contributed by atoms with Crippen LogP contribution < -0.4 is 0 Å². The molecule has 0 spiro atoms. The van der Waals surface area contributed by atoms with Crippen molar-refractivity contribution in [2.24, 2.45) is 0 Å². The fourth-order valence-corrected chi connectivity index (χ4v) is 2.63. The van der Waals surface area contributed by atoms with Crippen LogP contribution in [0.15, 0.2) is 0 Å². The minimum atomic E-state index is -0.0967. The van der Waals surface area contributed by atoms with Gasteiger partial charge in [-0.25, -0.2) is 0 Å². The molecule has 1 aliphatic rings. The van der Waals surface area contributed by atoms with Crippen LogP contribution in [0.3, 0.4) is 0 Å². The van der Waals surface area contributed by atoms with Crippen molar-refractivity contribution in [1.29, 1.82) is 0 Å². The Morgan fingerprint density at radius 3 is 3.00 bits per heavy atom. The molecule has 1 unspecified atom stereocenters. The van der Waals surface area contributed by atoms with E-state index in [1.807, 2.05) is 18.7 Å². The number of hydrogen-bond donors (Lipinski definition) is 1. The van der Waals surface area contributed by atoms with Gasteiger partial charge in [-0.15, -0.1) is 0 Å². The van der Waals surface area contributed by atoms with Crippen LogP contribution >= 0.6 is 11.8 Å². The van der Waals surface area contributed by atoms with Gasteiger partial charge >= 0.3 is 0 Å². The summed E-state index contributed by atoms with van der Waals surface area (Å²) in [4.78, 5) is 0. The van der Waals surface area contributed by atoms with Gasteiger partial charge in [-0.1, -0.05) is 0 Å². The van der Waals surface area contributed by atoms with Gasteiger partial charge in [-0.3, -0.25) is 0 Å². The second kappa shape index (κ2) is 3.47. The number of rotatable bonds is 2. The van der Waals surface area contributed by atoms with Crippen LogP contribution in [0.1, 0.15) is 26.2 Å². The predicted octanol–water partition coefficient (Wildman–Crippen LogP) is 1.65. The van der Waals surface area contributed by atoms with E-state index in [1.54, 1.807) is 0 Å². The molecule has 0 aromatic carbocycles. The lowest BCUT2D eigenvalue weighted by Gasteiger charge is -2.09. The van der Waals surface area contributed by atoms with Crippen molar-refractivity contribution in [2.75, 3.05) is 5.75 Å². The smallest absolute Gasteiger partial charge is 0.0522 e. The van der Waals surface area contributed by atoms with E-state index in [2.05, 4.69) is 0 Å². The third-order valence-electron chi connectivity index (χ3n) is 1.63. The summed E-state index contributed by atoms with van der Waals surface area (Å²) in [6.45, 7) is 1.87. The molecule has 9 heavy (non-hydrogen) atoms. The van der Waals surface area contributed by atoms with Gasteiger partial charge < -0.3 is 5.11 Å². The molecule has 0 saturated carbocycles. The van der Waals surface area contributed by atoms with E-state index >= 15 is 0 Å². The van der Waals surface area contributed by atoms with Gasteiger partial charge in [0.2, 0.25) is 0 Å². The van der Waals surface area contributed by atoms with E-state index in [0.29, 0.717) is 0 Å². The van der Waals surface area contributed by atoms with Crippen molar-refractivity contribution in [3.63, 3.8) is 0 Å². The Labute approximate surface area is 60.8 Å². The molecule has 54 valence electrons. The van der Waals surface area contributed by atoms with Crippen molar-refractivity contribution in [1.82, 2.24) is 0 Å². The van der Waals surface area contributed by atoms with Crippen LogP contribution in [-0.4, -0.2) is 22.2 Å². The number of aliphatic hydroxyl groups excluding tert-OH is 1. The van der Waals surface area contributed by atoms with Gasteiger partial charge in [0.25, 0.3) is 0 Å². The standard InChI is InChI=1S/C7H14OS/c1-6(8)5-7-3-2-4-9-7/h6-8H,2-5H2,1H3/t6-,7?/m1/s1. The highest BCUT2D eigenvalue weighted by molar-refractivity contribution is 8.00. The molecular formula is C7H14OS. The predicted molar refractivity (Wildman–Crippen MR) is 41.8 cm³/mol. The van der Waals surface area contributed by atoms with Crippen molar-refractivity contribution in [3.05, 3.63) is 0 Å². The molecule has 2 heteroatoms. The molecule has 1 fully saturated rings. The van der Waals surface area contributed by atoms with Crippen LogP contribution in [0.2, 0.25) is 0 Å². The van der Waals surface area contributed by atoms with E-state index in [-0.39, 0.29) is 6.10 Å². The lowest BCUT2D eigenvalue weighted by molar-refractivity contribution is 0.183. The molecule has 1 rings (SSSR count). The second-order valence-electron chi connectivity index (χ2n) is 2.72. The Morgan fingerprint density at radius 1 is 1.78 bits per heavy atom. The molecule has 1 heterocycles. The Hall–Kier alpha value is 0.310. The molecule has 1 nitrogen and oxygen atoms in total. The first-order chi connectivity index (χ1) is 4.29. The molecule has 1 aliphatic heterocycles. The summed E-state index contributed by atoms with van der Waals surface area (Å²) < 4.78 is 0. The molecule has 0 amide bonds. The molecule has 0 aromatic heterocycles. The quantitative estimate of drug-likeness (QED) is 0.639. The van der Waals surface area contributed by atoms with Crippen molar-refractivity contribution in [3.8, 4) is 0 Å². The van der Waals surface area contributed by atoms with Gasteiger partial charge in [0.15, 0.2) is 0 Å². The first-order valence-electron chi connectivity index (χ1n) is 3.58. The Morgan fingerprint density at radius 2 is 2.56 bits per heavy atom. The Bertz CT molecular complexity index is 77.0. The largest absolute Gasteiger partial charge is 0.393 e. The molecular weight excluding hydrogens is 132 g/mol. The minimum Gasteiger partial charge on any atom is -0.393 e. The minimum absolute atomic E-state index is 0.0967. The maximum absolute atomic E-state index is 9.00. The SMILES string of the molecule is C[C@@H](O)CC1CCCS1. The van der Waals surface area contributed by atoms with E-state index in [9.17, 15) is 0 Å². The van der Waals surface area contributed by atoms with Gasteiger partial charge in [-0.2, -0.15) is 11.8 Å². The Balaban J connectivity index is 2.11. The van der Waals surface area contributed by atoms with E-state index in [0.717, 1.165) is 11.7 Å². The first-order valence-corrected chi connectivity index (χ1v) is 4.63. The van der Waals surface area contributed by atoms with Crippen LogP contribution in [0.25, 0.3) is 0 Å². The van der Waals surface area contributed by atoms with Gasteiger partial charge in [0.1, 0.15) is 0 Å². The number of aliphatic hydroxyl groups is 1. The molecule has 0 bridgehead atoms. The molecule has 2 atom stereocenters. The summed E-state index contributed by atoms with van der Waals surface area (Å²) in [7, 11) is 0. The summed E-state index contributed by atoms with van der Waals surface area (Å²) in [6, 6.07) is 0. The number of hydrogen-bond acceptors (Lipinski definition) is 2. The summed E-state index contributed by atoms with van der Waals surface area (Å²) in [5.74, 6) is 1.30. The zero-order chi connectivity index (χ0) is 6.69. The Kier molecular flexibility index (Phi) is 2.86. The molecule has 1 saturated heterocycles. The van der Waals surface area contributed by atoms with Crippen LogP contribution in [0.5, 0.6) is 0 Å². The summed E-state index contributed by atoms with van der Waals surface area (Å²) >= 11 is 2.01. The molecule has 1 N–H and O–H groups in total. The fourth-order valence-electron chi connectivity index (χ4n) is 1.21. The highest BCUT2D eigenvalue weighted by atomic mass is 32.2. The lowest BCUT2D eigenvalue weighted by atomic mass is 10.1. The van der Waals surface area contributed by atoms with Gasteiger partial charge in [0, 0.05) is 5.25 Å². The maximum atomic E-state index is 9.00. The molecule has 0 aromatic rings. The molecule has 0 radical (unpaired) electrons. The van der Waals surface area contributed by atoms with Crippen molar-refractivity contribution >= 4 is 11.8 Å². The average Bonchev–Trinajstić information content (AvgIpc) is 2.15. The monoisotopic (exact) mass is 146 g/mol. The highest BCUT2D eigenvalue weighted by Gasteiger charge is 2.16. The summed E-state index contributed by atoms with van der Waals surface area (Å²) in [5, 5.41) is 9.75. The third kappa shape index (κ3) is 2.59. The van der Waals surface area contributed by atoms with Crippen LogP contribution in [0.4, 0.5) is 0 Å². The topological polar surface area (TPSA) is 20.2 Å². The maximum Gasteiger partial charge on any atom is 0.0522 e. The summed E-state index contributed by atoms with van der Waals surface area (Å²) in [5.41, 5.74) is 0. The van der Waals surface area contributed by atoms with Crippen molar-refractivity contribution in [2.45, 2.75) is 37.5 Å². The zero-order valence-corrected chi connectivity index (χ0v) is 6.66. The first kappa shape index (κ1) is 7.42. The van der Waals surface area contributed by atoms with Crippen molar-refractivity contribution < 1.29 is 5.11 Å². The highest BCUT2D eigenvalue weighted by Crippen LogP contribution is 2.29. The van der Waals surface area contributed by atoms with Gasteiger partial charge in [0.05, 0.1) is 6.10 Å². The summed E-state index contributed by atoms with van der Waals surface area (Å²) in [6.07, 6.45) is 3.56. The average molecular weight is 146 g/mol. The van der Waals surface area contributed by atoms with Gasteiger partial charge in [-0.05, 0) is 31.9 Å². The lowest BCUT2D eigenvalue weighted by Crippen LogP contribution is -2.08. The van der Waals surface area contributed by atoms with Crippen LogP contribution in [-0.2, 0) is 0 Å². The van der Waals surface area contributed by atoms with E-state index < -0.39 is 0 Å². The van der Waals surface area contributed by atoms with E-state index in [1.165, 1.54) is 18.6 Å². The zero-order valence-electron chi connectivity index (χ0n) is 5.84. The fraction of sp³-hybridized carbons (Fsp3) is 1.00. The molecule has 0 aliphatic carbocycles. The van der Waals surface area contributed by atoms with E-state index in [4.69, 9.17) is 5.11 Å². The third-order valence-corrected chi connectivity index (χ3v) is 3.05. The second-order valence-corrected chi connectivity index (χ2v) is 4.13. The normalized spacial score (nSPS) is 30.7. The number of thioether (sulfide) groups is 1.